The Morgan fingerprint density at radius 3 is 1.93 bits per heavy atom. The van der Waals surface area contributed by atoms with Gasteiger partial charge in [0.25, 0.3) is 0 Å². The third-order valence-corrected chi connectivity index (χ3v) is 2.43. The van der Waals surface area contributed by atoms with Gasteiger partial charge in [-0.15, -0.1) is 0 Å². The Bertz CT molecular complexity index is 290. The molecule has 0 fully saturated rings. The van der Waals surface area contributed by atoms with E-state index in [-0.39, 0.29) is 0 Å². The van der Waals surface area contributed by atoms with E-state index in [4.69, 9.17) is 0 Å². The molecule has 0 atom stereocenters. The summed E-state index contributed by atoms with van der Waals surface area (Å²) >= 11 is 0. The predicted molar refractivity (Wildman–Crippen MR) is 67.6 cm³/mol. The second-order valence-electron chi connectivity index (χ2n) is 4.36. The van der Waals surface area contributed by atoms with E-state index in [0.717, 1.165) is 0 Å². The van der Waals surface area contributed by atoms with Crippen molar-refractivity contribution in [3.63, 3.8) is 0 Å². The second-order valence-corrected chi connectivity index (χ2v) is 4.36. The third-order valence-electron chi connectivity index (χ3n) is 2.43. The van der Waals surface area contributed by atoms with Crippen LogP contribution in [0.2, 0.25) is 0 Å². The summed E-state index contributed by atoms with van der Waals surface area (Å²) in [4.78, 5) is 2.35. The highest BCUT2D eigenvalue weighted by Gasteiger charge is 2.07. The van der Waals surface area contributed by atoms with Crippen LogP contribution in [0.3, 0.4) is 0 Å². The van der Waals surface area contributed by atoms with E-state index >= 15 is 0 Å². The molecule has 0 aliphatic heterocycles. The molecule has 0 saturated heterocycles. The van der Waals surface area contributed by atoms with Gasteiger partial charge in [0.15, 0.2) is 0 Å². The lowest BCUT2D eigenvalue weighted by molar-refractivity contribution is 0.258. The maximum absolute atomic E-state index is 2.35. The zero-order valence-electron chi connectivity index (χ0n) is 10.1. The zero-order valence-corrected chi connectivity index (χ0v) is 10.1. The van der Waals surface area contributed by atoms with Gasteiger partial charge in [0.1, 0.15) is 0 Å². The van der Waals surface area contributed by atoms with Crippen molar-refractivity contribution in [2.45, 2.75) is 39.8 Å². The summed E-state index contributed by atoms with van der Waals surface area (Å²) in [6.45, 7) is 8.87. The summed E-state index contributed by atoms with van der Waals surface area (Å²) in [5, 5.41) is 0. The first-order valence-electron chi connectivity index (χ1n) is 5.62. The largest absolute Gasteiger partial charge is 0.373 e. The van der Waals surface area contributed by atoms with Gasteiger partial charge in [0.05, 0.1) is 0 Å². The van der Waals surface area contributed by atoms with Crippen LogP contribution in [0.5, 0.6) is 0 Å². The highest BCUT2D eigenvalue weighted by molar-refractivity contribution is 5.48. The fraction of sp³-hybridized carbons (Fsp3) is 0.429. The Kier molecular flexibility index (Phi) is 4.41. The van der Waals surface area contributed by atoms with Gasteiger partial charge >= 0.3 is 0 Å². The Hall–Kier alpha value is -1.24. The van der Waals surface area contributed by atoms with Crippen LogP contribution in [0.1, 0.15) is 33.3 Å². The molecule has 0 aliphatic carbocycles. The molecule has 0 aromatic heterocycles. The van der Waals surface area contributed by atoms with E-state index in [1.807, 2.05) is 6.07 Å². The van der Waals surface area contributed by atoms with Gasteiger partial charge in [-0.3, -0.25) is 0 Å². The molecule has 0 saturated carbocycles. The first-order valence-corrected chi connectivity index (χ1v) is 5.62. The van der Waals surface area contributed by atoms with Crippen molar-refractivity contribution in [1.29, 1.82) is 0 Å². The van der Waals surface area contributed by atoms with Crippen molar-refractivity contribution in [3.05, 3.63) is 42.1 Å². The monoisotopic (exact) mass is 203 g/mol. The molecule has 0 bridgehead atoms. The number of nitrogens with zero attached hydrogens (tertiary/aromatic N) is 1. The standard InChI is InChI=1S/C14H21N/c1-12(2)15(13(3)4)11-10-14-8-6-5-7-9-14/h5-13H,1-4H3/b11-10-. The van der Waals surface area contributed by atoms with Gasteiger partial charge in [-0.25, -0.2) is 0 Å². The minimum Gasteiger partial charge on any atom is -0.373 e. The predicted octanol–water partition coefficient (Wildman–Crippen LogP) is 3.78. The quantitative estimate of drug-likeness (QED) is 0.720. The Morgan fingerprint density at radius 2 is 1.47 bits per heavy atom. The van der Waals surface area contributed by atoms with Gasteiger partial charge in [-0.2, -0.15) is 0 Å². The molecule has 0 amide bonds. The molecule has 0 unspecified atom stereocenters. The molecule has 1 nitrogen and oxygen atoms in total. The highest BCUT2D eigenvalue weighted by Crippen LogP contribution is 2.08. The van der Waals surface area contributed by atoms with E-state index in [1.54, 1.807) is 0 Å². The van der Waals surface area contributed by atoms with Crippen molar-refractivity contribution in [2.75, 3.05) is 0 Å². The van der Waals surface area contributed by atoms with Crippen LogP contribution in [0.15, 0.2) is 36.5 Å². The van der Waals surface area contributed by atoms with Crippen molar-refractivity contribution >= 4 is 6.08 Å². The van der Waals surface area contributed by atoms with Crippen LogP contribution in [-0.2, 0) is 0 Å². The summed E-state index contributed by atoms with van der Waals surface area (Å²) in [5.41, 5.74) is 1.25. The van der Waals surface area contributed by atoms with Crippen molar-refractivity contribution < 1.29 is 0 Å². The average molecular weight is 203 g/mol. The van der Waals surface area contributed by atoms with Gasteiger partial charge in [-0.05, 0) is 39.3 Å². The molecule has 0 spiro atoms. The normalized spacial score (nSPS) is 11.6. The van der Waals surface area contributed by atoms with Crippen LogP contribution >= 0.6 is 0 Å². The Labute approximate surface area is 93.4 Å². The second kappa shape index (κ2) is 5.59. The molecule has 0 N–H and O–H groups in total. The number of hydrogen-bond acceptors (Lipinski definition) is 1. The molecule has 1 aromatic rings. The Morgan fingerprint density at radius 1 is 0.933 bits per heavy atom. The molecule has 0 heterocycles. The topological polar surface area (TPSA) is 3.24 Å². The molecule has 0 aliphatic rings. The molecule has 15 heavy (non-hydrogen) atoms. The molecule has 1 aromatic carbocycles. The molecular weight excluding hydrogens is 182 g/mol. The van der Waals surface area contributed by atoms with Gasteiger partial charge in [-0.1, -0.05) is 30.3 Å². The maximum atomic E-state index is 2.35. The average Bonchev–Trinajstić information content (AvgIpc) is 2.18. The van der Waals surface area contributed by atoms with Crippen molar-refractivity contribution in [1.82, 2.24) is 4.90 Å². The number of benzene rings is 1. The smallest absolute Gasteiger partial charge is 0.0230 e. The lowest BCUT2D eigenvalue weighted by atomic mass is 10.2. The minimum atomic E-state index is 0.546. The van der Waals surface area contributed by atoms with Gasteiger partial charge < -0.3 is 4.90 Å². The van der Waals surface area contributed by atoms with Crippen molar-refractivity contribution in [3.8, 4) is 0 Å². The summed E-state index contributed by atoms with van der Waals surface area (Å²) < 4.78 is 0. The Balaban J connectivity index is 2.70. The van der Waals surface area contributed by atoms with E-state index in [9.17, 15) is 0 Å². The summed E-state index contributed by atoms with van der Waals surface area (Å²) in [6.07, 6.45) is 4.35. The molecule has 1 rings (SSSR count). The fourth-order valence-electron chi connectivity index (χ4n) is 1.68. The summed E-state index contributed by atoms with van der Waals surface area (Å²) in [5.74, 6) is 0. The first-order chi connectivity index (χ1) is 7.11. The van der Waals surface area contributed by atoms with E-state index < -0.39 is 0 Å². The van der Waals surface area contributed by atoms with Gasteiger partial charge in [0, 0.05) is 18.3 Å². The van der Waals surface area contributed by atoms with Crippen LogP contribution in [0, 0.1) is 0 Å². The molecule has 1 heteroatoms. The first kappa shape index (κ1) is 11.8. The van der Waals surface area contributed by atoms with E-state index in [2.05, 4.69) is 69.1 Å². The van der Waals surface area contributed by atoms with E-state index in [1.165, 1.54) is 5.56 Å². The van der Waals surface area contributed by atoms with E-state index in [0.29, 0.717) is 12.1 Å². The molecular formula is C14H21N. The van der Waals surface area contributed by atoms with Crippen LogP contribution in [0.4, 0.5) is 0 Å². The highest BCUT2D eigenvalue weighted by atomic mass is 15.1. The summed E-state index contributed by atoms with van der Waals surface area (Å²) in [7, 11) is 0. The lowest BCUT2D eigenvalue weighted by Crippen LogP contribution is -2.31. The zero-order chi connectivity index (χ0) is 11.3. The van der Waals surface area contributed by atoms with Crippen LogP contribution in [-0.4, -0.2) is 17.0 Å². The summed E-state index contributed by atoms with van der Waals surface area (Å²) in [6, 6.07) is 11.5. The maximum Gasteiger partial charge on any atom is 0.0230 e. The van der Waals surface area contributed by atoms with Crippen molar-refractivity contribution in [2.24, 2.45) is 0 Å². The van der Waals surface area contributed by atoms with Crippen LogP contribution < -0.4 is 0 Å². The fourth-order valence-corrected chi connectivity index (χ4v) is 1.68. The molecule has 0 radical (unpaired) electrons. The number of rotatable bonds is 4. The third kappa shape index (κ3) is 3.78. The SMILES string of the molecule is CC(C)N(/C=C\c1ccccc1)C(C)C. The van der Waals surface area contributed by atoms with Gasteiger partial charge in [0.2, 0.25) is 0 Å². The minimum absolute atomic E-state index is 0.546. The lowest BCUT2D eigenvalue weighted by Gasteiger charge is -2.29. The number of hydrogen-bond donors (Lipinski definition) is 0. The molecule has 82 valence electrons. The van der Waals surface area contributed by atoms with Crippen LogP contribution in [0.25, 0.3) is 6.08 Å².